The standard InChI is InChI=1S/C12H16N4O4/c1-8-7-14(2)3-4-15(8)11-5-9(12(17)18)10(6-13-11)16(19)20/h5-6,8H,3-4,7H2,1-2H3,(H,17,18). The number of carboxylic acids is 1. The summed E-state index contributed by atoms with van der Waals surface area (Å²) >= 11 is 0. The average molecular weight is 280 g/mol. The first-order chi connectivity index (χ1) is 9.40. The van der Waals surface area contributed by atoms with Crippen LogP contribution in [0.25, 0.3) is 0 Å². The van der Waals surface area contributed by atoms with Crippen LogP contribution in [-0.2, 0) is 0 Å². The minimum atomic E-state index is -1.32. The zero-order chi connectivity index (χ0) is 14.9. The van der Waals surface area contributed by atoms with E-state index in [1.807, 2.05) is 18.9 Å². The van der Waals surface area contributed by atoms with Crippen molar-refractivity contribution in [2.75, 3.05) is 31.6 Å². The molecule has 1 aliphatic heterocycles. The van der Waals surface area contributed by atoms with E-state index in [-0.39, 0.29) is 11.6 Å². The first-order valence-corrected chi connectivity index (χ1v) is 6.23. The van der Waals surface area contributed by atoms with Gasteiger partial charge in [0, 0.05) is 31.7 Å². The number of carbonyl (C=O) groups is 1. The van der Waals surface area contributed by atoms with Crippen LogP contribution >= 0.6 is 0 Å². The smallest absolute Gasteiger partial charge is 0.342 e. The average Bonchev–Trinajstić information content (AvgIpc) is 2.37. The lowest BCUT2D eigenvalue weighted by molar-refractivity contribution is -0.385. The molecule has 1 saturated heterocycles. The van der Waals surface area contributed by atoms with Gasteiger partial charge >= 0.3 is 11.7 Å². The molecule has 1 N–H and O–H groups in total. The van der Waals surface area contributed by atoms with Gasteiger partial charge in [-0.25, -0.2) is 9.78 Å². The third-order valence-corrected chi connectivity index (χ3v) is 3.42. The molecule has 8 nitrogen and oxygen atoms in total. The van der Waals surface area contributed by atoms with E-state index in [9.17, 15) is 14.9 Å². The fourth-order valence-electron chi connectivity index (χ4n) is 2.39. The third kappa shape index (κ3) is 2.69. The Kier molecular flexibility index (Phi) is 3.84. The maximum atomic E-state index is 11.1. The molecule has 108 valence electrons. The van der Waals surface area contributed by atoms with Crippen LogP contribution in [0.5, 0.6) is 0 Å². The van der Waals surface area contributed by atoms with Gasteiger partial charge in [0.15, 0.2) is 0 Å². The van der Waals surface area contributed by atoms with Crippen molar-refractivity contribution in [3.63, 3.8) is 0 Å². The van der Waals surface area contributed by atoms with Gasteiger partial charge in [0.05, 0.1) is 4.92 Å². The molecule has 1 aromatic heterocycles. The monoisotopic (exact) mass is 280 g/mol. The van der Waals surface area contributed by atoms with Gasteiger partial charge in [-0.3, -0.25) is 10.1 Å². The number of piperazine rings is 1. The molecule has 0 aromatic carbocycles. The van der Waals surface area contributed by atoms with Crippen LogP contribution < -0.4 is 4.90 Å². The third-order valence-electron chi connectivity index (χ3n) is 3.42. The topological polar surface area (TPSA) is 99.8 Å². The summed E-state index contributed by atoms with van der Waals surface area (Å²) in [4.78, 5) is 29.4. The summed E-state index contributed by atoms with van der Waals surface area (Å²) in [5.41, 5.74) is -0.811. The van der Waals surface area contributed by atoms with Crippen molar-refractivity contribution >= 4 is 17.5 Å². The van der Waals surface area contributed by atoms with E-state index >= 15 is 0 Å². The van der Waals surface area contributed by atoms with Crippen LogP contribution in [0.15, 0.2) is 12.3 Å². The highest BCUT2D eigenvalue weighted by atomic mass is 16.6. The number of likely N-dealkylation sites (N-methyl/N-ethyl adjacent to an activating group) is 1. The van der Waals surface area contributed by atoms with Crippen molar-refractivity contribution < 1.29 is 14.8 Å². The van der Waals surface area contributed by atoms with Gasteiger partial charge in [0.1, 0.15) is 17.6 Å². The molecule has 2 rings (SSSR count). The maximum absolute atomic E-state index is 11.1. The van der Waals surface area contributed by atoms with Crippen LogP contribution in [0, 0.1) is 10.1 Å². The number of hydrogen-bond donors (Lipinski definition) is 1. The number of carboxylic acid groups (broad SMARTS) is 1. The van der Waals surface area contributed by atoms with E-state index in [1.165, 1.54) is 6.07 Å². The van der Waals surface area contributed by atoms with Gasteiger partial charge in [0.2, 0.25) is 0 Å². The van der Waals surface area contributed by atoms with Crippen LogP contribution in [0.3, 0.4) is 0 Å². The zero-order valence-corrected chi connectivity index (χ0v) is 11.3. The second kappa shape index (κ2) is 5.41. The lowest BCUT2D eigenvalue weighted by Gasteiger charge is -2.39. The van der Waals surface area contributed by atoms with Crippen molar-refractivity contribution in [1.82, 2.24) is 9.88 Å². The largest absolute Gasteiger partial charge is 0.477 e. The number of aromatic nitrogens is 1. The molecule has 1 unspecified atom stereocenters. The molecule has 1 aromatic rings. The van der Waals surface area contributed by atoms with E-state index in [0.29, 0.717) is 12.4 Å². The van der Waals surface area contributed by atoms with E-state index < -0.39 is 16.6 Å². The normalized spacial score (nSPS) is 19.9. The van der Waals surface area contributed by atoms with Crippen molar-refractivity contribution in [2.45, 2.75) is 13.0 Å². The second-order valence-electron chi connectivity index (χ2n) is 4.93. The van der Waals surface area contributed by atoms with Gasteiger partial charge in [-0.15, -0.1) is 0 Å². The number of nitro groups is 1. The molecule has 1 aliphatic rings. The summed E-state index contributed by atoms with van der Waals surface area (Å²) in [6.07, 6.45) is 1.02. The first kappa shape index (κ1) is 14.2. The van der Waals surface area contributed by atoms with Crippen molar-refractivity contribution in [1.29, 1.82) is 0 Å². The molecular weight excluding hydrogens is 264 g/mol. The van der Waals surface area contributed by atoms with Crippen LogP contribution in [0.2, 0.25) is 0 Å². The molecule has 2 heterocycles. The van der Waals surface area contributed by atoms with Crippen LogP contribution in [0.1, 0.15) is 17.3 Å². The number of nitrogens with zero attached hydrogens (tertiary/aromatic N) is 4. The van der Waals surface area contributed by atoms with Gasteiger partial charge in [-0.2, -0.15) is 0 Å². The Labute approximate surface area is 115 Å². The fraction of sp³-hybridized carbons (Fsp3) is 0.500. The van der Waals surface area contributed by atoms with Crippen molar-refractivity contribution in [3.8, 4) is 0 Å². The van der Waals surface area contributed by atoms with Gasteiger partial charge in [-0.05, 0) is 14.0 Å². The zero-order valence-electron chi connectivity index (χ0n) is 11.3. The molecule has 0 spiro atoms. The Bertz CT molecular complexity index is 548. The van der Waals surface area contributed by atoms with E-state index in [0.717, 1.165) is 19.3 Å². The van der Waals surface area contributed by atoms with E-state index in [2.05, 4.69) is 9.88 Å². The summed E-state index contributed by atoms with van der Waals surface area (Å²) in [6.45, 7) is 4.40. The Morgan fingerprint density at radius 3 is 2.80 bits per heavy atom. The summed E-state index contributed by atoms with van der Waals surface area (Å²) in [5, 5.41) is 19.9. The Balaban J connectivity index is 2.36. The summed E-state index contributed by atoms with van der Waals surface area (Å²) in [5.74, 6) is -0.851. The molecule has 8 heteroatoms. The molecular formula is C12H16N4O4. The second-order valence-corrected chi connectivity index (χ2v) is 4.93. The number of rotatable bonds is 3. The molecule has 20 heavy (non-hydrogen) atoms. The maximum Gasteiger partial charge on any atom is 0.342 e. The van der Waals surface area contributed by atoms with Gasteiger partial charge < -0.3 is 14.9 Å². The molecule has 1 fully saturated rings. The summed E-state index contributed by atoms with van der Waals surface area (Å²) in [6, 6.07) is 1.45. The predicted octanol–water partition coefficient (Wildman–Crippen LogP) is 0.828. The fourth-order valence-corrected chi connectivity index (χ4v) is 2.39. The summed E-state index contributed by atoms with van der Waals surface area (Å²) in [7, 11) is 2.01. The van der Waals surface area contributed by atoms with E-state index in [1.54, 1.807) is 0 Å². The Hall–Kier alpha value is -2.22. The number of aromatic carboxylic acids is 1. The van der Waals surface area contributed by atoms with Crippen molar-refractivity contribution in [2.24, 2.45) is 0 Å². The number of hydrogen-bond acceptors (Lipinski definition) is 6. The number of pyridine rings is 1. The SMILES string of the molecule is CC1CN(C)CCN1c1cc(C(=O)O)c([N+](=O)[O-])cn1. The molecule has 0 aliphatic carbocycles. The lowest BCUT2D eigenvalue weighted by Crippen LogP contribution is -2.50. The van der Waals surface area contributed by atoms with Crippen LogP contribution in [0.4, 0.5) is 11.5 Å². The molecule has 0 radical (unpaired) electrons. The lowest BCUT2D eigenvalue weighted by atomic mass is 10.1. The Morgan fingerprint density at radius 1 is 1.55 bits per heavy atom. The minimum absolute atomic E-state index is 0.171. The Morgan fingerprint density at radius 2 is 2.25 bits per heavy atom. The van der Waals surface area contributed by atoms with E-state index in [4.69, 9.17) is 5.11 Å². The highest BCUT2D eigenvalue weighted by Gasteiger charge is 2.26. The number of anilines is 1. The quantitative estimate of drug-likeness (QED) is 0.646. The van der Waals surface area contributed by atoms with Gasteiger partial charge in [0.25, 0.3) is 0 Å². The summed E-state index contributed by atoms with van der Waals surface area (Å²) < 4.78 is 0. The molecule has 0 saturated carbocycles. The molecule has 0 amide bonds. The highest BCUT2D eigenvalue weighted by Crippen LogP contribution is 2.24. The predicted molar refractivity (Wildman–Crippen MR) is 72.2 cm³/mol. The van der Waals surface area contributed by atoms with Crippen LogP contribution in [-0.4, -0.2) is 58.6 Å². The molecule has 1 atom stereocenters. The highest BCUT2D eigenvalue weighted by molar-refractivity contribution is 5.93. The minimum Gasteiger partial charge on any atom is -0.477 e. The first-order valence-electron chi connectivity index (χ1n) is 6.23. The van der Waals surface area contributed by atoms with Crippen molar-refractivity contribution in [3.05, 3.63) is 27.9 Å². The van der Waals surface area contributed by atoms with Gasteiger partial charge in [-0.1, -0.05) is 0 Å². The molecule has 0 bridgehead atoms.